The van der Waals surface area contributed by atoms with Gasteiger partial charge in [0.1, 0.15) is 5.78 Å². The van der Waals surface area contributed by atoms with Crippen molar-refractivity contribution in [1.29, 1.82) is 0 Å². The van der Waals surface area contributed by atoms with Crippen molar-refractivity contribution in [3.05, 3.63) is 11.1 Å². The topological polar surface area (TPSA) is 17.1 Å². The number of hydrogen-bond acceptors (Lipinski definition) is 1. The Hall–Kier alpha value is -0.590. The fourth-order valence-electron chi connectivity index (χ4n) is 2.05. The molecule has 0 bridgehead atoms. The quantitative estimate of drug-likeness (QED) is 0.619. The maximum Gasteiger partial charge on any atom is 0.137 e. The number of carbonyl (C=O) groups excluding carboxylic acids is 1. The van der Waals surface area contributed by atoms with Gasteiger partial charge in [0.25, 0.3) is 0 Å². The summed E-state index contributed by atoms with van der Waals surface area (Å²) in [6.07, 6.45) is 2.37. The van der Waals surface area contributed by atoms with Gasteiger partial charge in [0, 0.05) is 12.8 Å². The van der Waals surface area contributed by atoms with Crippen LogP contribution < -0.4 is 0 Å². The SMILES string of the molecule is CC(CC(=O)CC(C)(C)C)=C(C)CC(C)(C)C. The predicted octanol–water partition coefficient (Wildman–Crippen LogP) is 5.15. The number of hydrogen-bond donors (Lipinski definition) is 0. The van der Waals surface area contributed by atoms with E-state index in [1.165, 1.54) is 11.1 Å². The highest BCUT2D eigenvalue weighted by molar-refractivity contribution is 5.81. The summed E-state index contributed by atoms with van der Waals surface area (Å²) in [5, 5.41) is 0. The van der Waals surface area contributed by atoms with Crippen LogP contribution in [0.4, 0.5) is 0 Å². The predicted molar refractivity (Wildman–Crippen MR) is 76.1 cm³/mol. The van der Waals surface area contributed by atoms with E-state index in [0.29, 0.717) is 24.0 Å². The maximum absolute atomic E-state index is 11.9. The largest absolute Gasteiger partial charge is 0.299 e. The molecule has 0 aromatic rings. The van der Waals surface area contributed by atoms with Crippen molar-refractivity contribution in [1.82, 2.24) is 0 Å². The molecule has 0 radical (unpaired) electrons. The molecular weight excluding hydrogens is 208 g/mol. The minimum Gasteiger partial charge on any atom is -0.299 e. The molecule has 0 heterocycles. The van der Waals surface area contributed by atoms with E-state index in [-0.39, 0.29) is 5.41 Å². The number of Topliss-reactive ketones (excluding diaryl/α,β-unsaturated/α-hetero) is 1. The van der Waals surface area contributed by atoms with Gasteiger partial charge in [0.2, 0.25) is 0 Å². The molecule has 0 aromatic carbocycles. The lowest BCUT2D eigenvalue weighted by atomic mass is 9.84. The monoisotopic (exact) mass is 238 g/mol. The van der Waals surface area contributed by atoms with Crippen LogP contribution in [0.5, 0.6) is 0 Å². The van der Waals surface area contributed by atoms with E-state index >= 15 is 0 Å². The van der Waals surface area contributed by atoms with Gasteiger partial charge in [0.05, 0.1) is 0 Å². The average molecular weight is 238 g/mol. The Morgan fingerprint density at radius 3 is 1.53 bits per heavy atom. The fourth-order valence-corrected chi connectivity index (χ4v) is 2.05. The summed E-state index contributed by atoms with van der Waals surface area (Å²) in [6, 6.07) is 0. The van der Waals surface area contributed by atoms with E-state index in [4.69, 9.17) is 0 Å². The van der Waals surface area contributed by atoms with Crippen LogP contribution in [0, 0.1) is 10.8 Å². The maximum atomic E-state index is 11.9. The summed E-state index contributed by atoms with van der Waals surface area (Å²) in [5.41, 5.74) is 3.04. The van der Waals surface area contributed by atoms with Crippen molar-refractivity contribution in [2.24, 2.45) is 10.8 Å². The molecule has 0 amide bonds. The number of allylic oxidation sites excluding steroid dienone is 2. The summed E-state index contributed by atoms with van der Waals surface area (Å²) in [7, 11) is 0. The van der Waals surface area contributed by atoms with Crippen LogP contribution in [0.3, 0.4) is 0 Å². The third-order valence-electron chi connectivity index (χ3n) is 2.71. The second kappa shape index (κ2) is 5.84. The molecule has 1 heteroatoms. The van der Waals surface area contributed by atoms with Gasteiger partial charge in [0.15, 0.2) is 0 Å². The van der Waals surface area contributed by atoms with Crippen LogP contribution in [-0.4, -0.2) is 5.78 Å². The molecule has 17 heavy (non-hydrogen) atoms. The highest BCUT2D eigenvalue weighted by Gasteiger charge is 2.17. The molecule has 0 aliphatic carbocycles. The first-order valence-electron chi connectivity index (χ1n) is 6.58. The molecule has 0 aromatic heterocycles. The number of ketones is 1. The first-order chi connectivity index (χ1) is 7.41. The van der Waals surface area contributed by atoms with Gasteiger partial charge in [-0.3, -0.25) is 4.79 Å². The Morgan fingerprint density at radius 1 is 0.765 bits per heavy atom. The molecule has 0 N–H and O–H groups in total. The Labute approximate surface area is 108 Å². The van der Waals surface area contributed by atoms with E-state index in [2.05, 4.69) is 55.4 Å². The molecule has 0 aliphatic heterocycles. The van der Waals surface area contributed by atoms with Crippen LogP contribution in [0.25, 0.3) is 0 Å². The van der Waals surface area contributed by atoms with Crippen molar-refractivity contribution in [2.45, 2.75) is 74.7 Å². The van der Waals surface area contributed by atoms with Crippen molar-refractivity contribution in [2.75, 3.05) is 0 Å². The Bertz CT molecular complexity index is 294. The lowest BCUT2D eigenvalue weighted by molar-refractivity contribution is -0.120. The molecule has 0 unspecified atom stereocenters. The van der Waals surface area contributed by atoms with E-state index < -0.39 is 0 Å². The van der Waals surface area contributed by atoms with Crippen LogP contribution >= 0.6 is 0 Å². The molecule has 0 rings (SSSR count). The number of rotatable bonds is 4. The lowest BCUT2D eigenvalue weighted by Gasteiger charge is -2.21. The van der Waals surface area contributed by atoms with Gasteiger partial charge < -0.3 is 0 Å². The normalized spacial score (nSPS) is 14.6. The smallest absolute Gasteiger partial charge is 0.137 e. The highest BCUT2D eigenvalue weighted by Crippen LogP contribution is 2.27. The van der Waals surface area contributed by atoms with E-state index in [9.17, 15) is 4.79 Å². The van der Waals surface area contributed by atoms with Crippen LogP contribution in [0.2, 0.25) is 0 Å². The molecule has 0 aliphatic rings. The third-order valence-corrected chi connectivity index (χ3v) is 2.71. The lowest BCUT2D eigenvalue weighted by Crippen LogP contribution is -2.13. The molecule has 1 nitrogen and oxygen atoms in total. The van der Waals surface area contributed by atoms with Crippen molar-refractivity contribution in [3.8, 4) is 0 Å². The average Bonchev–Trinajstić information content (AvgIpc) is 1.95. The first-order valence-corrected chi connectivity index (χ1v) is 6.58. The highest BCUT2D eigenvalue weighted by atomic mass is 16.1. The Morgan fingerprint density at radius 2 is 1.18 bits per heavy atom. The van der Waals surface area contributed by atoms with Gasteiger partial charge in [-0.2, -0.15) is 0 Å². The van der Waals surface area contributed by atoms with Gasteiger partial charge in [-0.05, 0) is 31.1 Å². The Kier molecular flexibility index (Phi) is 5.64. The van der Waals surface area contributed by atoms with Gasteiger partial charge in [-0.1, -0.05) is 52.7 Å². The van der Waals surface area contributed by atoms with Crippen LogP contribution in [0.15, 0.2) is 11.1 Å². The van der Waals surface area contributed by atoms with Gasteiger partial charge >= 0.3 is 0 Å². The zero-order valence-electron chi connectivity index (χ0n) is 13.0. The van der Waals surface area contributed by atoms with Crippen molar-refractivity contribution >= 4 is 5.78 Å². The molecule has 0 saturated carbocycles. The first kappa shape index (κ1) is 16.4. The van der Waals surface area contributed by atoms with Gasteiger partial charge in [-0.15, -0.1) is 0 Å². The summed E-state index contributed by atoms with van der Waals surface area (Å²) in [6.45, 7) is 17.3. The molecule has 100 valence electrons. The standard InChI is InChI=1S/C16H30O/c1-12(13(2)10-15(3,4)5)9-14(17)11-16(6,7)8/h9-11H2,1-8H3. The molecule has 0 spiro atoms. The molecule has 0 fully saturated rings. The van der Waals surface area contributed by atoms with Crippen molar-refractivity contribution < 1.29 is 4.79 Å². The fraction of sp³-hybridized carbons (Fsp3) is 0.812. The summed E-state index contributed by atoms with van der Waals surface area (Å²) < 4.78 is 0. The number of carbonyl (C=O) groups is 1. The molecule has 0 atom stereocenters. The minimum absolute atomic E-state index is 0.106. The summed E-state index contributed by atoms with van der Waals surface area (Å²) in [5.74, 6) is 0.364. The van der Waals surface area contributed by atoms with Crippen molar-refractivity contribution in [3.63, 3.8) is 0 Å². The van der Waals surface area contributed by atoms with E-state index in [1.807, 2.05) is 0 Å². The summed E-state index contributed by atoms with van der Waals surface area (Å²) in [4.78, 5) is 11.9. The van der Waals surface area contributed by atoms with E-state index in [1.54, 1.807) is 0 Å². The van der Waals surface area contributed by atoms with Gasteiger partial charge in [-0.25, -0.2) is 0 Å². The summed E-state index contributed by atoms with van der Waals surface area (Å²) >= 11 is 0. The van der Waals surface area contributed by atoms with Crippen LogP contribution in [0.1, 0.15) is 74.7 Å². The molecule has 0 saturated heterocycles. The Balaban J connectivity index is 4.47. The molecular formula is C16H30O. The minimum atomic E-state index is 0.106. The third kappa shape index (κ3) is 9.14. The second-order valence-corrected chi connectivity index (χ2v) is 7.75. The van der Waals surface area contributed by atoms with E-state index in [0.717, 1.165) is 6.42 Å². The zero-order chi connectivity index (χ0) is 13.9. The van der Waals surface area contributed by atoms with Crippen LogP contribution in [-0.2, 0) is 4.79 Å². The zero-order valence-corrected chi connectivity index (χ0v) is 13.0. The second-order valence-electron chi connectivity index (χ2n) is 7.75.